The molecular weight excluding hydrogens is 367 g/mol. The maximum absolute atomic E-state index is 12.4. The Kier molecular flexibility index (Phi) is 5.92. The number of benzene rings is 1. The van der Waals surface area contributed by atoms with E-state index in [1.165, 1.54) is 5.57 Å². The van der Waals surface area contributed by atoms with Gasteiger partial charge in [-0.2, -0.15) is 0 Å². The van der Waals surface area contributed by atoms with Crippen LogP contribution >= 0.6 is 12.3 Å². The number of carbonyl (C=O) groups is 1. The van der Waals surface area contributed by atoms with Gasteiger partial charge in [0.1, 0.15) is 11.5 Å². The molecule has 0 bridgehead atoms. The van der Waals surface area contributed by atoms with E-state index in [9.17, 15) is 15.2 Å². The molecule has 0 spiro atoms. The predicted octanol–water partition coefficient (Wildman–Crippen LogP) is -0.550. The average Bonchev–Trinajstić information content (AvgIpc) is 2.86. The van der Waals surface area contributed by atoms with Crippen molar-refractivity contribution in [2.24, 2.45) is 5.41 Å². The van der Waals surface area contributed by atoms with Crippen molar-refractivity contribution in [3.05, 3.63) is 34.9 Å². The molecule has 1 aromatic rings. The molecule has 134 valence electrons. The van der Waals surface area contributed by atoms with E-state index in [2.05, 4.69) is 9.37 Å². The van der Waals surface area contributed by atoms with Crippen LogP contribution in [0.25, 0.3) is 5.57 Å². The Morgan fingerprint density at radius 2 is 2.00 bits per heavy atom. The quantitative estimate of drug-likeness (QED) is 0.244. The Bertz CT molecular complexity index is 766. The molecule has 1 fully saturated rings. The molecule has 1 aromatic carbocycles. The van der Waals surface area contributed by atoms with Crippen molar-refractivity contribution in [3.63, 3.8) is 0 Å². The Morgan fingerprint density at radius 1 is 1.19 bits per heavy atom. The molecule has 0 heterocycles. The predicted molar refractivity (Wildman–Crippen MR) is 88.6 cm³/mol. The Balaban J connectivity index is 0.00000196. The normalized spacial score (nSPS) is 29.6. The minimum absolute atomic E-state index is 0. The molecule has 1 unspecified atom stereocenters. The zero-order valence-corrected chi connectivity index (χ0v) is 17.7. The van der Waals surface area contributed by atoms with E-state index in [1.54, 1.807) is 6.07 Å². The van der Waals surface area contributed by atoms with Crippen molar-refractivity contribution >= 4 is 23.7 Å². The first-order valence-electron chi connectivity index (χ1n) is 8.41. The Hall–Kier alpha value is -0.380. The summed E-state index contributed by atoms with van der Waals surface area (Å²) < 4.78 is 9.34. The van der Waals surface area contributed by atoms with Gasteiger partial charge in [-0.3, -0.25) is 9.83 Å². The molecule has 0 aliphatic heterocycles. The first kappa shape index (κ1) is 20.4. The number of hydrogen-bond donors (Lipinski definition) is 1. The number of hydrogen-bond acceptors (Lipinski definition) is 7. The maximum Gasteiger partial charge on any atom is 1.00 e. The summed E-state index contributed by atoms with van der Waals surface area (Å²) in [4.78, 5) is 12.4. The van der Waals surface area contributed by atoms with Crippen LogP contribution in [0, 0.1) is 5.41 Å². The molecule has 1 N–H and O–H groups in total. The molecule has 0 amide bonds. The van der Waals surface area contributed by atoms with Gasteiger partial charge in [0.2, 0.25) is 0 Å². The van der Waals surface area contributed by atoms with Gasteiger partial charge in [0.25, 0.3) is 12.3 Å². The van der Waals surface area contributed by atoms with Crippen LogP contribution in [0.4, 0.5) is 0 Å². The molecule has 0 radical (unpaired) electrons. The first-order chi connectivity index (χ1) is 12.0. The van der Waals surface area contributed by atoms with Gasteiger partial charge in [-0.05, 0) is 73.4 Å². The summed E-state index contributed by atoms with van der Waals surface area (Å²) in [6.07, 6.45) is 4.00. The van der Waals surface area contributed by atoms with Crippen LogP contribution in [-0.2, 0) is 20.6 Å². The van der Waals surface area contributed by atoms with Gasteiger partial charge in [0.15, 0.2) is 0 Å². The second kappa shape index (κ2) is 7.56. The summed E-state index contributed by atoms with van der Waals surface area (Å²) in [7, 11) is 0. The van der Waals surface area contributed by atoms with Crippen molar-refractivity contribution in [2.45, 2.75) is 51.0 Å². The first-order valence-corrected chi connectivity index (χ1v) is 9.07. The van der Waals surface area contributed by atoms with Crippen LogP contribution < -0.4 is 39.0 Å². The molecule has 1 saturated carbocycles. The van der Waals surface area contributed by atoms with E-state index in [4.69, 9.17) is 4.18 Å². The summed E-state index contributed by atoms with van der Waals surface area (Å²) in [5.41, 5.74) is 2.84. The Labute approximate surface area is 178 Å². The number of rotatable bonds is 4. The van der Waals surface area contributed by atoms with Gasteiger partial charge in [0, 0.05) is 6.42 Å². The monoisotopic (exact) mass is 386 g/mol. The van der Waals surface area contributed by atoms with E-state index < -0.39 is 11.0 Å². The van der Waals surface area contributed by atoms with Crippen LogP contribution in [0.1, 0.15) is 50.2 Å². The summed E-state index contributed by atoms with van der Waals surface area (Å²) in [6, 6.07) is 5.69. The van der Waals surface area contributed by atoms with Crippen LogP contribution in [0.2, 0.25) is 0 Å². The van der Waals surface area contributed by atoms with E-state index >= 15 is 0 Å². The zero-order valence-electron chi connectivity index (χ0n) is 14.9. The number of aryl methyl sites for hydroxylation is 1. The fraction of sp³-hybridized carbons (Fsp3) is 0.500. The van der Waals surface area contributed by atoms with Crippen molar-refractivity contribution in [2.75, 3.05) is 0 Å². The number of Topliss-reactive ketones (excluding diaryl/α,β-unsaturated/α-hetero) is 1. The molecule has 6 nitrogen and oxygen atoms in total. The molecule has 8 heteroatoms. The van der Waals surface area contributed by atoms with Crippen LogP contribution in [-0.4, -0.2) is 16.5 Å². The molecule has 26 heavy (non-hydrogen) atoms. The molecule has 4 rings (SSSR count). The van der Waals surface area contributed by atoms with Crippen molar-refractivity contribution in [3.8, 4) is 5.75 Å². The summed E-state index contributed by atoms with van der Waals surface area (Å²) >= 11 is 0.467. The fourth-order valence-electron chi connectivity index (χ4n) is 4.78. The fourth-order valence-corrected chi connectivity index (χ4v) is 5.02. The maximum atomic E-state index is 12.4. The number of carbonyl (C=O) groups excluding carboxylic acids is 1. The summed E-state index contributed by atoms with van der Waals surface area (Å²) in [5.74, 6) is 0.758. The number of allylic oxidation sites excluding steroid dienone is 1. The average molecular weight is 386 g/mol. The third-order valence-corrected chi connectivity index (χ3v) is 6.58. The van der Waals surface area contributed by atoms with E-state index in [1.807, 2.05) is 19.1 Å². The minimum Gasteiger partial charge on any atom is -0.691 e. The summed E-state index contributed by atoms with van der Waals surface area (Å²) in [5, 5.41) is 24.4. The molecule has 2 atom stereocenters. The van der Waals surface area contributed by atoms with Gasteiger partial charge < -0.3 is 14.5 Å². The smallest absolute Gasteiger partial charge is 0.691 e. The van der Waals surface area contributed by atoms with Gasteiger partial charge in [0.05, 0.1) is 11.0 Å². The topological polar surface area (TPSA) is 88.1 Å². The van der Waals surface area contributed by atoms with Gasteiger partial charge in [-0.15, -0.1) is 4.33 Å². The van der Waals surface area contributed by atoms with Gasteiger partial charge in [-0.25, -0.2) is 0 Å². The van der Waals surface area contributed by atoms with Crippen LogP contribution in [0.5, 0.6) is 5.75 Å². The zero-order chi connectivity index (χ0) is 17.7. The third-order valence-electron chi connectivity index (χ3n) is 6.21. The standard InChI is InChI=1S/C18H20O6S.Na/c1-17-8-6-14-13-4-3-12(22-25-24-23-21)10-11(13)2-5-15(14)18(17,20)9-7-16(17)19;/h3-4,10,20-21H,2,5-9H2,1H3;/q;+1/p-1/t17-,18?;/m1./s1. The number of fused-ring (bicyclic) bond motifs is 4. The molecular formula is C18H19NaO6S. The molecule has 3 aliphatic carbocycles. The molecule has 3 aliphatic rings. The van der Waals surface area contributed by atoms with E-state index in [0.717, 1.165) is 36.0 Å². The van der Waals surface area contributed by atoms with Crippen molar-refractivity contribution < 1.29 is 58.3 Å². The SMILES string of the molecule is C[C@]12CCC3=C(CCc4cc(OSOO[O-])ccc43)C1(O)CCC2=O.[Na+]. The van der Waals surface area contributed by atoms with Gasteiger partial charge >= 0.3 is 29.6 Å². The number of aliphatic hydroxyl groups is 1. The largest absolute Gasteiger partial charge is 1.00 e. The molecule has 0 aromatic heterocycles. The minimum atomic E-state index is -1.00. The second-order valence-electron chi connectivity index (χ2n) is 7.18. The van der Waals surface area contributed by atoms with Crippen LogP contribution in [0.3, 0.4) is 0 Å². The summed E-state index contributed by atoms with van der Waals surface area (Å²) in [6.45, 7) is 1.92. The van der Waals surface area contributed by atoms with E-state index in [-0.39, 0.29) is 35.3 Å². The van der Waals surface area contributed by atoms with Crippen LogP contribution in [0.15, 0.2) is 23.8 Å². The molecule has 0 saturated heterocycles. The van der Waals surface area contributed by atoms with Crippen molar-refractivity contribution in [1.82, 2.24) is 0 Å². The van der Waals surface area contributed by atoms with Crippen molar-refractivity contribution in [1.29, 1.82) is 0 Å². The number of ketones is 1. The second-order valence-corrected chi connectivity index (χ2v) is 7.62. The van der Waals surface area contributed by atoms with Gasteiger partial charge in [-0.1, -0.05) is 6.07 Å². The third kappa shape index (κ3) is 2.99. The van der Waals surface area contributed by atoms with E-state index in [0.29, 0.717) is 37.3 Å². The Morgan fingerprint density at radius 3 is 2.77 bits per heavy atom.